The second-order valence-corrected chi connectivity index (χ2v) is 5.69. The first kappa shape index (κ1) is 13.3. The maximum absolute atomic E-state index is 9.77. The van der Waals surface area contributed by atoms with Gasteiger partial charge in [-0.15, -0.1) is 0 Å². The van der Waals surface area contributed by atoms with Crippen molar-refractivity contribution < 1.29 is 19.7 Å². The number of fused-ring (bicyclic) bond motifs is 2. The summed E-state index contributed by atoms with van der Waals surface area (Å²) in [6.45, 7) is 1.13. The van der Waals surface area contributed by atoms with Crippen LogP contribution < -0.4 is 14.8 Å². The van der Waals surface area contributed by atoms with Gasteiger partial charge in [0.1, 0.15) is 0 Å². The van der Waals surface area contributed by atoms with E-state index < -0.39 is 0 Å². The van der Waals surface area contributed by atoms with Crippen LogP contribution in [0.15, 0.2) is 30.3 Å². The second-order valence-electron chi connectivity index (χ2n) is 5.69. The van der Waals surface area contributed by atoms with Gasteiger partial charge in [0.05, 0.1) is 0 Å². The standard InChI is InChI=1S/C17H17NO4/c19-14-7-11-3-4-18-13(12(11)8-15(14)20)5-10-1-2-16-17(6-10)22-9-21-16/h1-2,6-8,13,18-20H,3-5,9H2. The van der Waals surface area contributed by atoms with Crippen molar-refractivity contribution in [1.82, 2.24) is 5.32 Å². The number of phenolic OH excluding ortho intramolecular Hbond substituents is 2. The summed E-state index contributed by atoms with van der Waals surface area (Å²) < 4.78 is 10.7. The predicted octanol–water partition coefficient (Wildman–Crippen LogP) is 2.26. The Kier molecular flexibility index (Phi) is 3.08. The number of hydrogen-bond donors (Lipinski definition) is 3. The summed E-state index contributed by atoms with van der Waals surface area (Å²) in [5, 5.41) is 22.9. The van der Waals surface area contributed by atoms with Crippen molar-refractivity contribution in [3.63, 3.8) is 0 Å². The lowest BCUT2D eigenvalue weighted by Crippen LogP contribution is -2.31. The Labute approximate surface area is 128 Å². The molecule has 2 aliphatic heterocycles. The highest BCUT2D eigenvalue weighted by atomic mass is 16.7. The van der Waals surface area contributed by atoms with Crippen LogP contribution in [0.2, 0.25) is 0 Å². The van der Waals surface area contributed by atoms with Crippen molar-refractivity contribution in [2.75, 3.05) is 13.3 Å². The summed E-state index contributed by atoms with van der Waals surface area (Å²) in [6, 6.07) is 9.39. The predicted molar refractivity (Wildman–Crippen MR) is 80.5 cm³/mol. The van der Waals surface area contributed by atoms with Gasteiger partial charge in [-0.1, -0.05) is 6.07 Å². The van der Waals surface area contributed by atoms with Gasteiger partial charge in [-0.25, -0.2) is 0 Å². The molecule has 22 heavy (non-hydrogen) atoms. The first-order valence-corrected chi connectivity index (χ1v) is 7.37. The Morgan fingerprint density at radius 1 is 1.05 bits per heavy atom. The molecule has 0 saturated heterocycles. The van der Waals surface area contributed by atoms with Crippen LogP contribution in [0.25, 0.3) is 0 Å². The zero-order chi connectivity index (χ0) is 15.1. The van der Waals surface area contributed by atoms with E-state index in [9.17, 15) is 10.2 Å². The molecule has 2 aromatic carbocycles. The van der Waals surface area contributed by atoms with Gasteiger partial charge in [-0.05, 0) is 60.3 Å². The summed E-state index contributed by atoms with van der Waals surface area (Å²) >= 11 is 0. The fourth-order valence-corrected chi connectivity index (χ4v) is 3.15. The lowest BCUT2D eigenvalue weighted by molar-refractivity contribution is 0.174. The molecule has 2 aliphatic rings. The number of aromatic hydroxyl groups is 2. The molecule has 0 bridgehead atoms. The lowest BCUT2D eigenvalue weighted by Gasteiger charge is -2.27. The first-order valence-electron chi connectivity index (χ1n) is 7.37. The molecule has 0 spiro atoms. The Morgan fingerprint density at radius 3 is 2.77 bits per heavy atom. The van der Waals surface area contributed by atoms with Crippen molar-refractivity contribution in [2.45, 2.75) is 18.9 Å². The minimum absolute atomic E-state index is 0.0533. The summed E-state index contributed by atoms with van der Waals surface area (Å²) in [5.74, 6) is 1.44. The SMILES string of the molecule is Oc1cc2c(cc1O)C(Cc1ccc3c(c1)OCO3)NCC2. The molecule has 0 fully saturated rings. The smallest absolute Gasteiger partial charge is 0.231 e. The van der Waals surface area contributed by atoms with Gasteiger partial charge >= 0.3 is 0 Å². The average molecular weight is 299 g/mol. The van der Waals surface area contributed by atoms with Gasteiger partial charge < -0.3 is 25.0 Å². The van der Waals surface area contributed by atoms with Crippen molar-refractivity contribution in [3.05, 3.63) is 47.0 Å². The topological polar surface area (TPSA) is 71.0 Å². The van der Waals surface area contributed by atoms with E-state index >= 15 is 0 Å². The summed E-state index contributed by atoms with van der Waals surface area (Å²) in [5.41, 5.74) is 3.26. The molecule has 114 valence electrons. The molecule has 4 rings (SSSR count). The Balaban J connectivity index is 1.63. The fourth-order valence-electron chi connectivity index (χ4n) is 3.15. The number of nitrogens with one attached hydrogen (secondary N) is 1. The van der Waals surface area contributed by atoms with Crippen LogP contribution in [-0.2, 0) is 12.8 Å². The average Bonchev–Trinajstić information content (AvgIpc) is 2.97. The van der Waals surface area contributed by atoms with Crippen LogP contribution in [0.3, 0.4) is 0 Å². The third-order valence-corrected chi connectivity index (χ3v) is 4.27. The zero-order valence-electron chi connectivity index (χ0n) is 12.0. The van der Waals surface area contributed by atoms with Gasteiger partial charge in [0.25, 0.3) is 0 Å². The lowest BCUT2D eigenvalue weighted by atomic mass is 9.90. The molecule has 0 aromatic heterocycles. The number of hydrogen-bond acceptors (Lipinski definition) is 5. The molecule has 0 amide bonds. The summed E-state index contributed by atoms with van der Waals surface area (Å²) in [7, 11) is 0. The summed E-state index contributed by atoms with van der Waals surface area (Å²) in [6.07, 6.45) is 1.63. The third kappa shape index (κ3) is 2.23. The highest BCUT2D eigenvalue weighted by molar-refractivity contribution is 5.49. The van der Waals surface area contributed by atoms with Crippen LogP contribution in [0.5, 0.6) is 23.0 Å². The van der Waals surface area contributed by atoms with Gasteiger partial charge in [-0.3, -0.25) is 0 Å². The molecule has 3 N–H and O–H groups in total. The Hall–Kier alpha value is -2.40. The fraction of sp³-hybridized carbons (Fsp3) is 0.294. The maximum Gasteiger partial charge on any atom is 0.231 e. The number of benzene rings is 2. The number of ether oxygens (including phenoxy) is 2. The molecular formula is C17H17NO4. The van der Waals surface area contributed by atoms with Crippen LogP contribution in [0.1, 0.15) is 22.7 Å². The zero-order valence-corrected chi connectivity index (χ0v) is 12.0. The second kappa shape index (κ2) is 5.10. The van der Waals surface area contributed by atoms with Crippen molar-refractivity contribution >= 4 is 0 Å². The van der Waals surface area contributed by atoms with Crippen molar-refractivity contribution in [1.29, 1.82) is 0 Å². The van der Waals surface area contributed by atoms with E-state index in [1.54, 1.807) is 12.1 Å². The van der Waals surface area contributed by atoms with E-state index in [4.69, 9.17) is 9.47 Å². The number of phenols is 2. The van der Waals surface area contributed by atoms with Gasteiger partial charge in [0.2, 0.25) is 6.79 Å². The molecule has 5 heteroatoms. The maximum atomic E-state index is 9.77. The highest BCUT2D eigenvalue weighted by Gasteiger charge is 2.23. The van der Waals surface area contributed by atoms with E-state index in [-0.39, 0.29) is 24.3 Å². The van der Waals surface area contributed by atoms with E-state index in [0.717, 1.165) is 47.6 Å². The van der Waals surface area contributed by atoms with Crippen LogP contribution in [0.4, 0.5) is 0 Å². The molecule has 0 saturated carbocycles. The molecule has 0 aliphatic carbocycles. The quantitative estimate of drug-likeness (QED) is 0.742. The van der Waals surface area contributed by atoms with Crippen molar-refractivity contribution in [3.8, 4) is 23.0 Å². The van der Waals surface area contributed by atoms with E-state index in [2.05, 4.69) is 5.32 Å². The summed E-state index contributed by atoms with van der Waals surface area (Å²) in [4.78, 5) is 0. The minimum Gasteiger partial charge on any atom is -0.504 e. The third-order valence-electron chi connectivity index (χ3n) is 4.27. The molecule has 5 nitrogen and oxygen atoms in total. The minimum atomic E-state index is -0.0712. The molecule has 1 unspecified atom stereocenters. The molecule has 2 aromatic rings. The Bertz CT molecular complexity index is 729. The monoisotopic (exact) mass is 299 g/mol. The van der Waals surface area contributed by atoms with E-state index in [1.165, 1.54) is 0 Å². The molecular weight excluding hydrogens is 282 g/mol. The normalized spacial score (nSPS) is 19.0. The van der Waals surface area contributed by atoms with Crippen LogP contribution in [-0.4, -0.2) is 23.6 Å². The molecule has 2 heterocycles. The van der Waals surface area contributed by atoms with Gasteiger partial charge in [0.15, 0.2) is 23.0 Å². The van der Waals surface area contributed by atoms with Crippen molar-refractivity contribution in [2.24, 2.45) is 0 Å². The molecule has 1 atom stereocenters. The highest BCUT2D eigenvalue weighted by Crippen LogP contribution is 2.37. The largest absolute Gasteiger partial charge is 0.504 e. The molecule has 0 radical (unpaired) electrons. The Morgan fingerprint density at radius 2 is 1.86 bits per heavy atom. The van der Waals surface area contributed by atoms with E-state index in [0.29, 0.717) is 0 Å². The first-order chi connectivity index (χ1) is 10.7. The van der Waals surface area contributed by atoms with Crippen LogP contribution in [0, 0.1) is 0 Å². The van der Waals surface area contributed by atoms with Crippen LogP contribution >= 0.6 is 0 Å². The van der Waals surface area contributed by atoms with Gasteiger partial charge in [-0.2, -0.15) is 0 Å². The number of rotatable bonds is 2. The van der Waals surface area contributed by atoms with E-state index in [1.807, 2.05) is 18.2 Å². The van der Waals surface area contributed by atoms with Gasteiger partial charge in [0, 0.05) is 6.04 Å².